The van der Waals surface area contributed by atoms with Crippen molar-refractivity contribution in [1.82, 2.24) is 0 Å². The Bertz CT molecular complexity index is 185. The molecule has 0 bridgehead atoms. The summed E-state index contributed by atoms with van der Waals surface area (Å²) in [4.78, 5) is 10.5. The van der Waals surface area contributed by atoms with Crippen LogP contribution in [0.2, 0.25) is 0 Å². The molecule has 1 amide bonds. The summed E-state index contributed by atoms with van der Waals surface area (Å²) in [5.74, 6) is -0.157. The van der Waals surface area contributed by atoms with Crippen LogP contribution >= 0.6 is 0 Å². The van der Waals surface area contributed by atoms with Gasteiger partial charge in [0.1, 0.15) is 0 Å². The molecule has 5 N–H and O–H groups in total. The first-order chi connectivity index (χ1) is 9.68. The quantitative estimate of drug-likeness (QED) is 0.455. The Morgan fingerprint density at radius 1 is 0.850 bits per heavy atom. The van der Waals surface area contributed by atoms with Gasteiger partial charge in [-0.25, -0.2) is 0 Å². The van der Waals surface area contributed by atoms with Crippen molar-refractivity contribution in [2.45, 2.75) is 84.0 Å². The predicted molar refractivity (Wildman–Crippen MR) is 86.4 cm³/mol. The highest BCUT2D eigenvalue weighted by molar-refractivity contribution is 5.73. The lowest BCUT2D eigenvalue weighted by Gasteiger charge is -2.01. The summed E-state index contributed by atoms with van der Waals surface area (Å²) in [5.41, 5.74) is 9.85. The van der Waals surface area contributed by atoms with Gasteiger partial charge in [0, 0.05) is 13.0 Å². The van der Waals surface area contributed by atoms with Gasteiger partial charge in [-0.15, -0.1) is 0 Å². The van der Waals surface area contributed by atoms with Gasteiger partial charge in [-0.1, -0.05) is 71.1 Å². The standard InChI is InChI=1S/C14H29NO.C2H7NO/c1-2-3-4-5-6-7-8-9-10-11-12-13-14(15)16;3-1-2-4/h2-13H2,1H3,(H2,15,16);4H,1-3H2. The number of carbonyl (C=O) groups is 1. The third-order valence-electron chi connectivity index (χ3n) is 3.16. The second-order valence-corrected chi connectivity index (χ2v) is 5.26. The van der Waals surface area contributed by atoms with Crippen molar-refractivity contribution in [3.05, 3.63) is 0 Å². The number of carbonyl (C=O) groups excluding carboxylic acids is 1. The van der Waals surface area contributed by atoms with E-state index in [4.69, 9.17) is 16.6 Å². The number of unbranched alkanes of at least 4 members (excludes halogenated alkanes) is 10. The molecule has 0 rings (SSSR count). The van der Waals surface area contributed by atoms with E-state index in [2.05, 4.69) is 6.92 Å². The molecule has 0 aromatic heterocycles. The highest BCUT2D eigenvalue weighted by atomic mass is 16.3. The van der Waals surface area contributed by atoms with Crippen LogP contribution in [0.1, 0.15) is 84.0 Å². The van der Waals surface area contributed by atoms with Gasteiger partial charge in [0.2, 0.25) is 5.91 Å². The van der Waals surface area contributed by atoms with Crippen LogP contribution in [0.3, 0.4) is 0 Å². The lowest BCUT2D eigenvalue weighted by atomic mass is 10.1. The minimum atomic E-state index is -0.157. The van der Waals surface area contributed by atoms with E-state index in [0.29, 0.717) is 13.0 Å². The minimum Gasteiger partial charge on any atom is -0.395 e. The van der Waals surface area contributed by atoms with Gasteiger partial charge in [0.05, 0.1) is 6.61 Å². The summed E-state index contributed by atoms with van der Waals surface area (Å²) in [5, 5.41) is 7.75. The Morgan fingerprint density at radius 3 is 1.50 bits per heavy atom. The highest BCUT2D eigenvalue weighted by Gasteiger charge is 1.95. The molecule has 0 aliphatic carbocycles. The number of amides is 1. The predicted octanol–water partition coefficient (Wildman–Crippen LogP) is 3.11. The average Bonchev–Trinajstić information content (AvgIpc) is 2.44. The number of primary amides is 1. The fourth-order valence-corrected chi connectivity index (χ4v) is 1.96. The maximum atomic E-state index is 10.5. The third-order valence-corrected chi connectivity index (χ3v) is 3.16. The lowest BCUT2D eigenvalue weighted by Crippen LogP contribution is -2.09. The molecule has 0 aliphatic heterocycles. The van der Waals surface area contributed by atoms with E-state index in [1.54, 1.807) is 0 Å². The van der Waals surface area contributed by atoms with E-state index < -0.39 is 0 Å². The average molecular weight is 288 g/mol. The van der Waals surface area contributed by atoms with E-state index in [-0.39, 0.29) is 12.5 Å². The summed E-state index contributed by atoms with van der Waals surface area (Å²) in [6.07, 6.45) is 15.0. The number of hydrogen-bond acceptors (Lipinski definition) is 3. The van der Waals surface area contributed by atoms with Gasteiger partial charge in [0.25, 0.3) is 0 Å². The maximum Gasteiger partial charge on any atom is 0.217 e. The van der Waals surface area contributed by atoms with Crippen LogP contribution in [0, 0.1) is 0 Å². The van der Waals surface area contributed by atoms with Crippen molar-refractivity contribution < 1.29 is 9.90 Å². The number of nitrogens with two attached hydrogens (primary N) is 2. The van der Waals surface area contributed by atoms with Crippen LogP contribution in [0.15, 0.2) is 0 Å². The summed E-state index contributed by atoms with van der Waals surface area (Å²) in [6, 6.07) is 0. The second-order valence-electron chi connectivity index (χ2n) is 5.26. The topological polar surface area (TPSA) is 89.3 Å². The van der Waals surface area contributed by atoms with E-state index in [1.807, 2.05) is 0 Å². The van der Waals surface area contributed by atoms with Crippen molar-refractivity contribution in [3.8, 4) is 0 Å². The Morgan fingerprint density at radius 2 is 1.20 bits per heavy atom. The van der Waals surface area contributed by atoms with Crippen LogP contribution in [0.4, 0.5) is 0 Å². The zero-order chi connectivity index (χ0) is 15.5. The van der Waals surface area contributed by atoms with Gasteiger partial charge in [0.15, 0.2) is 0 Å². The first kappa shape index (κ1) is 21.7. The Balaban J connectivity index is 0. The molecule has 0 aromatic carbocycles. The largest absolute Gasteiger partial charge is 0.395 e. The van der Waals surface area contributed by atoms with Crippen molar-refractivity contribution in [1.29, 1.82) is 0 Å². The molecule has 0 spiro atoms. The molecule has 122 valence electrons. The van der Waals surface area contributed by atoms with Crippen LogP contribution < -0.4 is 11.5 Å². The number of aliphatic hydroxyl groups is 1. The number of rotatable bonds is 13. The fraction of sp³-hybridized carbons (Fsp3) is 0.938. The molecule has 0 radical (unpaired) electrons. The molecule has 0 aromatic rings. The summed E-state index contributed by atoms with van der Waals surface area (Å²) in [7, 11) is 0. The molecule has 0 saturated heterocycles. The van der Waals surface area contributed by atoms with Gasteiger partial charge in [-0.05, 0) is 6.42 Å². The Labute approximate surface area is 125 Å². The van der Waals surface area contributed by atoms with Crippen molar-refractivity contribution >= 4 is 5.91 Å². The molecule has 0 saturated carbocycles. The highest BCUT2D eigenvalue weighted by Crippen LogP contribution is 2.11. The van der Waals surface area contributed by atoms with E-state index in [0.717, 1.165) is 6.42 Å². The molecule has 4 nitrogen and oxygen atoms in total. The van der Waals surface area contributed by atoms with Crippen molar-refractivity contribution in [2.75, 3.05) is 13.2 Å². The SMILES string of the molecule is CCCCCCCCCCCCCC(N)=O.NCCO. The van der Waals surface area contributed by atoms with Crippen LogP contribution in [0.25, 0.3) is 0 Å². The molecule has 0 aliphatic rings. The molecular formula is C16H36N2O2. The molecule has 0 atom stereocenters. The monoisotopic (exact) mass is 288 g/mol. The first-order valence-corrected chi connectivity index (χ1v) is 8.28. The van der Waals surface area contributed by atoms with Gasteiger partial charge < -0.3 is 16.6 Å². The van der Waals surface area contributed by atoms with Gasteiger partial charge >= 0.3 is 0 Å². The van der Waals surface area contributed by atoms with E-state index >= 15 is 0 Å². The maximum absolute atomic E-state index is 10.5. The molecule has 0 fully saturated rings. The first-order valence-electron chi connectivity index (χ1n) is 8.28. The molecule has 0 heterocycles. The van der Waals surface area contributed by atoms with Crippen molar-refractivity contribution in [2.24, 2.45) is 11.5 Å². The lowest BCUT2D eigenvalue weighted by molar-refractivity contribution is -0.118. The zero-order valence-electron chi connectivity index (χ0n) is 13.4. The summed E-state index contributed by atoms with van der Waals surface area (Å²) in [6.45, 7) is 2.73. The van der Waals surface area contributed by atoms with Gasteiger partial charge in [-0.3, -0.25) is 4.79 Å². The number of hydrogen-bond donors (Lipinski definition) is 3. The van der Waals surface area contributed by atoms with Crippen LogP contribution in [-0.4, -0.2) is 24.2 Å². The van der Waals surface area contributed by atoms with E-state index in [1.165, 1.54) is 64.2 Å². The van der Waals surface area contributed by atoms with Crippen LogP contribution in [0.5, 0.6) is 0 Å². The summed E-state index contributed by atoms with van der Waals surface area (Å²) < 4.78 is 0. The second kappa shape index (κ2) is 20.7. The van der Waals surface area contributed by atoms with Crippen LogP contribution in [-0.2, 0) is 4.79 Å². The number of aliphatic hydroxyl groups excluding tert-OH is 1. The summed E-state index contributed by atoms with van der Waals surface area (Å²) >= 11 is 0. The molecule has 4 heteroatoms. The molecule has 0 unspecified atom stereocenters. The van der Waals surface area contributed by atoms with Crippen molar-refractivity contribution in [3.63, 3.8) is 0 Å². The molecule has 20 heavy (non-hydrogen) atoms. The molecular weight excluding hydrogens is 252 g/mol. The smallest absolute Gasteiger partial charge is 0.217 e. The minimum absolute atomic E-state index is 0.0972. The Kier molecular flexibility index (Phi) is 22.4. The third kappa shape index (κ3) is 26.1. The Hall–Kier alpha value is -0.610. The fourth-order valence-electron chi connectivity index (χ4n) is 1.96. The van der Waals surface area contributed by atoms with E-state index in [9.17, 15) is 4.79 Å². The van der Waals surface area contributed by atoms with Gasteiger partial charge in [-0.2, -0.15) is 0 Å². The normalized spacial score (nSPS) is 9.95. The zero-order valence-corrected chi connectivity index (χ0v) is 13.4.